The first-order valence-electron chi connectivity index (χ1n) is 8.01. The van der Waals surface area contributed by atoms with Crippen LogP contribution in [0.4, 0.5) is 5.69 Å². The summed E-state index contributed by atoms with van der Waals surface area (Å²) < 4.78 is 5.34. The first-order valence-corrected chi connectivity index (χ1v) is 8.01. The minimum absolute atomic E-state index is 0.00147. The van der Waals surface area contributed by atoms with Crippen molar-refractivity contribution in [1.29, 1.82) is 0 Å². The van der Waals surface area contributed by atoms with Gasteiger partial charge in [0.1, 0.15) is 11.5 Å². The lowest BCUT2D eigenvalue weighted by Gasteiger charge is -2.20. The fraction of sp³-hybridized carbons (Fsp3) is 0.278. The van der Waals surface area contributed by atoms with E-state index in [-0.39, 0.29) is 17.3 Å². The summed E-state index contributed by atoms with van der Waals surface area (Å²) in [7, 11) is 1.49. The van der Waals surface area contributed by atoms with E-state index in [9.17, 15) is 20.3 Å². The van der Waals surface area contributed by atoms with Crippen molar-refractivity contribution in [3.8, 4) is 22.6 Å². The lowest BCUT2D eigenvalue weighted by molar-refractivity contribution is -0.991. The van der Waals surface area contributed by atoms with Gasteiger partial charge in [-0.1, -0.05) is 12.1 Å². The molecule has 7 heteroatoms. The molecule has 0 aliphatic carbocycles. The van der Waals surface area contributed by atoms with Gasteiger partial charge in [-0.05, 0) is 24.1 Å². The largest absolute Gasteiger partial charge is 0.595 e. The molecule has 1 aliphatic rings. The number of benzene rings is 2. The van der Waals surface area contributed by atoms with Crippen LogP contribution in [0.15, 0.2) is 36.4 Å². The maximum Gasteiger partial charge on any atom is 0.222 e. The number of nitrogens with one attached hydrogen (secondary N) is 1. The fourth-order valence-electron chi connectivity index (χ4n) is 3.08. The van der Waals surface area contributed by atoms with Crippen LogP contribution in [-0.2, 0) is 11.3 Å². The summed E-state index contributed by atoms with van der Waals surface area (Å²) in [6.07, 6.45) is 1.35. The van der Waals surface area contributed by atoms with E-state index in [2.05, 4.69) is 0 Å². The Hall–Kier alpha value is -2.61. The highest BCUT2D eigenvalue weighted by Crippen LogP contribution is 2.41. The fourth-order valence-corrected chi connectivity index (χ4v) is 3.08. The van der Waals surface area contributed by atoms with E-state index < -0.39 is 5.23 Å². The van der Waals surface area contributed by atoms with Crippen molar-refractivity contribution < 1.29 is 25.1 Å². The molecule has 1 amide bonds. The Balaban J connectivity index is 2.04. The summed E-state index contributed by atoms with van der Waals surface area (Å²) in [5, 5.41) is 30.1. The standard InChI is InChI=1S/C18H20N2O5/c1-25-15-8-7-13(11-19-9-3-6-16(19)21)18(22)17(15)12-4-2-5-14(10-12)20(23)24/h2,4-5,7-8,10,20,22-23H,3,6,9,11H2,1H3. The van der Waals surface area contributed by atoms with Crippen LogP contribution in [0.2, 0.25) is 0 Å². The minimum atomic E-state index is -1.04. The number of ether oxygens (including phenoxy) is 1. The second-order valence-corrected chi connectivity index (χ2v) is 5.96. The first-order chi connectivity index (χ1) is 12.0. The average Bonchev–Trinajstić information content (AvgIpc) is 3.01. The molecule has 0 aromatic heterocycles. The molecule has 1 saturated heterocycles. The zero-order valence-electron chi connectivity index (χ0n) is 13.9. The Kier molecular flexibility index (Phi) is 4.89. The van der Waals surface area contributed by atoms with Gasteiger partial charge in [-0.15, -0.1) is 0 Å². The molecule has 132 valence electrons. The van der Waals surface area contributed by atoms with Gasteiger partial charge in [-0.3, -0.25) is 4.79 Å². The Morgan fingerprint density at radius 3 is 2.76 bits per heavy atom. The number of carbonyl (C=O) groups excluding carboxylic acids is 1. The molecule has 7 nitrogen and oxygen atoms in total. The maximum absolute atomic E-state index is 11.8. The van der Waals surface area contributed by atoms with Crippen molar-refractivity contribution in [2.75, 3.05) is 13.7 Å². The number of likely N-dealkylation sites (tertiary alicyclic amines) is 1. The molecule has 2 aromatic rings. The number of carbonyl (C=O) groups is 1. The maximum atomic E-state index is 11.8. The Bertz CT molecular complexity index is 791. The van der Waals surface area contributed by atoms with Crippen LogP contribution >= 0.6 is 0 Å². The summed E-state index contributed by atoms with van der Waals surface area (Å²) in [6, 6.07) is 9.76. The van der Waals surface area contributed by atoms with Crippen LogP contribution < -0.4 is 9.96 Å². The molecule has 0 spiro atoms. The quantitative estimate of drug-likeness (QED) is 0.716. The van der Waals surface area contributed by atoms with Crippen LogP contribution in [0.5, 0.6) is 11.5 Å². The monoisotopic (exact) mass is 344 g/mol. The summed E-state index contributed by atoms with van der Waals surface area (Å²) in [5.74, 6) is 0.516. The third-order valence-corrected chi connectivity index (χ3v) is 4.37. The molecular formula is C18H20N2O5. The molecule has 3 N–H and O–H groups in total. The number of nitrogens with zero attached hydrogens (tertiary/aromatic N) is 1. The molecule has 3 rings (SSSR count). The highest BCUT2D eigenvalue weighted by molar-refractivity contribution is 5.81. The van der Waals surface area contributed by atoms with E-state index in [0.29, 0.717) is 42.0 Å². The Morgan fingerprint density at radius 2 is 2.12 bits per heavy atom. The van der Waals surface area contributed by atoms with E-state index in [1.54, 1.807) is 29.2 Å². The molecule has 1 heterocycles. The highest BCUT2D eigenvalue weighted by atomic mass is 16.8. The van der Waals surface area contributed by atoms with Gasteiger partial charge >= 0.3 is 0 Å². The SMILES string of the molecule is COc1ccc(CN2CCCC2=O)c(O)c1-c1cccc([NH+]([O-])O)c1. The molecule has 1 aliphatic heterocycles. The van der Waals surface area contributed by atoms with E-state index in [1.807, 2.05) is 0 Å². The molecule has 1 unspecified atom stereocenters. The number of hydrogen-bond acceptors (Lipinski definition) is 5. The third kappa shape index (κ3) is 3.43. The van der Waals surface area contributed by atoms with Crippen LogP contribution in [0.3, 0.4) is 0 Å². The molecule has 1 atom stereocenters. The number of amides is 1. The van der Waals surface area contributed by atoms with Crippen LogP contribution in [0.25, 0.3) is 11.1 Å². The number of aromatic hydroxyl groups is 1. The van der Waals surface area contributed by atoms with E-state index in [4.69, 9.17) is 4.74 Å². The lowest BCUT2D eigenvalue weighted by atomic mass is 9.99. The minimum Gasteiger partial charge on any atom is -0.595 e. The second-order valence-electron chi connectivity index (χ2n) is 5.96. The van der Waals surface area contributed by atoms with Crippen molar-refractivity contribution in [3.05, 3.63) is 47.2 Å². The molecule has 1 fully saturated rings. The van der Waals surface area contributed by atoms with Crippen LogP contribution in [0, 0.1) is 5.21 Å². The molecule has 0 saturated carbocycles. The zero-order valence-corrected chi connectivity index (χ0v) is 13.9. The van der Waals surface area contributed by atoms with Gasteiger partial charge in [0.25, 0.3) is 0 Å². The predicted molar refractivity (Wildman–Crippen MR) is 90.5 cm³/mol. The number of phenols is 1. The summed E-state index contributed by atoms with van der Waals surface area (Å²) >= 11 is 0. The van der Waals surface area contributed by atoms with Crippen molar-refractivity contribution in [1.82, 2.24) is 4.90 Å². The van der Waals surface area contributed by atoms with Crippen molar-refractivity contribution in [2.45, 2.75) is 19.4 Å². The first kappa shape index (κ1) is 17.2. The molecule has 2 aromatic carbocycles. The van der Waals surface area contributed by atoms with Gasteiger partial charge in [-0.25, -0.2) is 5.21 Å². The zero-order chi connectivity index (χ0) is 18.0. The van der Waals surface area contributed by atoms with Crippen molar-refractivity contribution in [2.24, 2.45) is 0 Å². The number of quaternary nitrogens is 1. The van der Waals surface area contributed by atoms with Gasteiger partial charge < -0.3 is 20.0 Å². The van der Waals surface area contributed by atoms with Crippen molar-refractivity contribution >= 4 is 11.6 Å². The number of rotatable bonds is 5. The topological polar surface area (TPSA) is 97.5 Å². The summed E-state index contributed by atoms with van der Waals surface area (Å²) in [4.78, 5) is 13.5. The van der Waals surface area contributed by atoms with Crippen LogP contribution in [-0.4, -0.2) is 34.8 Å². The van der Waals surface area contributed by atoms with E-state index >= 15 is 0 Å². The second kappa shape index (κ2) is 7.10. The molecule has 0 bridgehead atoms. The van der Waals surface area contributed by atoms with Crippen LogP contribution in [0.1, 0.15) is 18.4 Å². The van der Waals surface area contributed by atoms with Gasteiger partial charge in [0.05, 0.1) is 12.7 Å². The lowest BCUT2D eigenvalue weighted by Crippen LogP contribution is -2.99. The smallest absolute Gasteiger partial charge is 0.222 e. The predicted octanol–water partition coefficient (Wildman–Crippen LogP) is 1.59. The Labute approximate surface area is 145 Å². The van der Waals surface area contributed by atoms with Gasteiger partial charge in [0.15, 0.2) is 5.69 Å². The average molecular weight is 344 g/mol. The number of methoxy groups -OCH3 is 1. The number of hydrogen-bond donors (Lipinski definition) is 3. The van der Waals surface area contributed by atoms with E-state index in [1.165, 1.54) is 19.2 Å². The number of phenolic OH excluding ortho intramolecular Hbond substituents is 1. The highest BCUT2D eigenvalue weighted by Gasteiger charge is 2.23. The molecular weight excluding hydrogens is 324 g/mol. The van der Waals surface area contributed by atoms with Crippen molar-refractivity contribution in [3.63, 3.8) is 0 Å². The molecule has 0 radical (unpaired) electrons. The Morgan fingerprint density at radius 1 is 1.32 bits per heavy atom. The van der Waals surface area contributed by atoms with E-state index in [0.717, 1.165) is 6.42 Å². The van der Waals surface area contributed by atoms with Gasteiger partial charge in [-0.2, -0.15) is 5.23 Å². The van der Waals surface area contributed by atoms with Gasteiger partial charge in [0.2, 0.25) is 5.91 Å². The molecule has 25 heavy (non-hydrogen) atoms. The normalized spacial score (nSPS) is 15.5. The summed E-state index contributed by atoms with van der Waals surface area (Å²) in [5.41, 5.74) is 1.70. The summed E-state index contributed by atoms with van der Waals surface area (Å²) in [6.45, 7) is 0.994. The van der Waals surface area contributed by atoms with Gasteiger partial charge in [0, 0.05) is 37.2 Å². The third-order valence-electron chi connectivity index (χ3n) is 4.37.